The van der Waals surface area contributed by atoms with E-state index < -0.39 is 97.5 Å². The molecule has 0 saturated heterocycles. The maximum absolute atomic E-state index is 13.1. The smallest absolute Gasteiger partial charge is 0.462 e. The van der Waals surface area contributed by atoms with Gasteiger partial charge in [-0.1, -0.05) is 349 Å². The van der Waals surface area contributed by atoms with Crippen molar-refractivity contribution < 1.29 is 80.2 Å². The zero-order valence-electron chi connectivity index (χ0n) is 60.9. The number of hydrogen-bond donors (Lipinski definition) is 3. The van der Waals surface area contributed by atoms with Crippen molar-refractivity contribution in [1.82, 2.24) is 0 Å². The molecule has 558 valence electrons. The molecule has 5 atom stereocenters. The second-order valence-corrected chi connectivity index (χ2v) is 29.9. The van der Waals surface area contributed by atoms with Crippen LogP contribution in [0, 0.1) is 0 Å². The molecule has 0 aromatic heterocycles. The minimum atomic E-state index is -4.95. The number of rotatable bonds is 76. The lowest BCUT2D eigenvalue weighted by atomic mass is 10.0. The van der Waals surface area contributed by atoms with E-state index in [4.69, 9.17) is 37.0 Å². The topological polar surface area (TPSA) is 237 Å². The number of aliphatic hydroxyl groups excluding tert-OH is 1. The van der Waals surface area contributed by atoms with Gasteiger partial charge >= 0.3 is 39.5 Å². The van der Waals surface area contributed by atoms with Gasteiger partial charge in [0.15, 0.2) is 12.2 Å². The zero-order chi connectivity index (χ0) is 69.0. The highest BCUT2D eigenvalue weighted by atomic mass is 31.2. The van der Waals surface area contributed by atoms with E-state index in [1.807, 2.05) is 0 Å². The summed E-state index contributed by atoms with van der Waals surface area (Å²) in [6.07, 6.45) is 59.7. The molecule has 0 aromatic rings. The number of phosphoric acid groups is 2. The molecule has 3 N–H and O–H groups in total. The Kier molecular flexibility index (Phi) is 68.1. The van der Waals surface area contributed by atoms with Crippen molar-refractivity contribution >= 4 is 39.5 Å². The summed E-state index contributed by atoms with van der Waals surface area (Å²) in [4.78, 5) is 72.6. The summed E-state index contributed by atoms with van der Waals surface area (Å²) in [5, 5.41) is 10.6. The SMILES string of the molecule is CCCCCCCCCCCCCCCCCCCCCCCC(=O)O[C@H](COC(=O)CCCCCCCCCCCCCCCC)COP(=O)(O)OC[C@@H](O)COP(=O)(O)OC[C@@H](COC(=O)CCCCCCCCCC)OC(=O)CCCCCCCCCCCCC. The van der Waals surface area contributed by atoms with Crippen molar-refractivity contribution in [2.45, 2.75) is 418 Å². The van der Waals surface area contributed by atoms with E-state index in [0.29, 0.717) is 25.7 Å². The van der Waals surface area contributed by atoms with E-state index >= 15 is 0 Å². The van der Waals surface area contributed by atoms with Crippen molar-refractivity contribution in [3.63, 3.8) is 0 Å². The molecular weight excluding hydrogens is 1230 g/mol. The Hall–Kier alpha value is -1.94. The molecular formula is C75H146O17P2. The third-order valence-electron chi connectivity index (χ3n) is 17.6. The van der Waals surface area contributed by atoms with Gasteiger partial charge < -0.3 is 33.8 Å². The Balaban J connectivity index is 5.16. The standard InChI is InChI=1S/C75H146O17P2/c1-5-9-13-17-21-25-28-30-32-33-34-35-36-37-38-40-43-46-50-54-58-62-75(80)92-71(66-86-73(78)60-56-52-48-44-42-39-31-29-26-22-18-14-10-6-2)68-90-94(83,84)88-64-69(76)63-87-93(81,82)89-67-70(65-85-72(77)59-55-51-47-24-20-16-12-8-4)91-74(79)61-57-53-49-45-41-27-23-19-15-11-7-3/h69-71,76H,5-68H2,1-4H3,(H,81,82)(H,83,84)/t69-,70+,71+/m0/s1. The normalized spacial score (nSPS) is 13.9. The third-order valence-corrected chi connectivity index (χ3v) is 19.5. The first-order valence-corrected chi connectivity index (χ1v) is 42.3. The fourth-order valence-corrected chi connectivity index (χ4v) is 13.2. The molecule has 0 spiro atoms. The first-order chi connectivity index (χ1) is 45.7. The lowest BCUT2D eigenvalue weighted by Gasteiger charge is -2.21. The minimum absolute atomic E-state index is 0.107. The fraction of sp³-hybridized carbons (Fsp3) is 0.947. The predicted octanol–water partition coefficient (Wildman–Crippen LogP) is 22.2. The summed E-state index contributed by atoms with van der Waals surface area (Å²) < 4.78 is 68.4. The summed E-state index contributed by atoms with van der Waals surface area (Å²) in [7, 11) is -9.90. The largest absolute Gasteiger partial charge is 0.472 e. The molecule has 0 heterocycles. The summed E-state index contributed by atoms with van der Waals surface area (Å²) in [5.74, 6) is -2.12. The van der Waals surface area contributed by atoms with Crippen LogP contribution in [0.3, 0.4) is 0 Å². The molecule has 17 nitrogen and oxygen atoms in total. The molecule has 0 rings (SSSR count). The molecule has 2 unspecified atom stereocenters. The van der Waals surface area contributed by atoms with E-state index in [1.54, 1.807) is 0 Å². The minimum Gasteiger partial charge on any atom is -0.462 e. The Labute approximate surface area is 575 Å². The van der Waals surface area contributed by atoms with Crippen LogP contribution in [0.15, 0.2) is 0 Å². The average molecular weight is 1380 g/mol. The van der Waals surface area contributed by atoms with Gasteiger partial charge in [0.1, 0.15) is 19.3 Å². The van der Waals surface area contributed by atoms with E-state index in [1.165, 1.54) is 225 Å². The second kappa shape index (κ2) is 69.5. The van der Waals surface area contributed by atoms with Gasteiger partial charge in [0.05, 0.1) is 26.4 Å². The number of ether oxygens (including phenoxy) is 4. The summed E-state index contributed by atoms with van der Waals surface area (Å²) in [5.41, 5.74) is 0. The van der Waals surface area contributed by atoms with Gasteiger partial charge in [0, 0.05) is 25.7 Å². The predicted molar refractivity (Wildman–Crippen MR) is 382 cm³/mol. The Bertz CT molecular complexity index is 1790. The molecule has 0 aliphatic carbocycles. The highest BCUT2D eigenvalue weighted by molar-refractivity contribution is 7.47. The molecule has 0 fully saturated rings. The van der Waals surface area contributed by atoms with Crippen LogP contribution in [0.2, 0.25) is 0 Å². The Morgan fingerprint density at radius 2 is 0.426 bits per heavy atom. The molecule has 19 heteroatoms. The molecule has 0 aromatic carbocycles. The molecule has 0 bridgehead atoms. The van der Waals surface area contributed by atoms with Crippen LogP contribution in [-0.2, 0) is 65.4 Å². The van der Waals surface area contributed by atoms with Crippen molar-refractivity contribution in [1.29, 1.82) is 0 Å². The third kappa shape index (κ3) is 68.6. The van der Waals surface area contributed by atoms with Crippen molar-refractivity contribution in [2.75, 3.05) is 39.6 Å². The first kappa shape index (κ1) is 92.1. The van der Waals surface area contributed by atoms with Crippen LogP contribution in [0.25, 0.3) is 0 Å². The lowest BCUT2D eigenvalue weighted by Crippen LogP contribution is -2.30. The number of esters is 4. The molecule has 94 heavy (non-hydrogen) atoms. The first-order valence-electron chi connectivity index (χ1n) is 39.3. The number of carbonyl (C=O) groups excluding carboxylic acids is 4. The van der Waals surface area contributed by atoms with Crippen LogP contribution in [-0.4, -0.2) is 96.7 Å². The van der Waals surface area contributed by atoms with Gasteiger partial charge in [-0.3, -0.25) is 37.3 Å². The van der Waals surface area contributed by atoms with Gasteiger partial charge in [-0.05, 0) is 25.7 Å². The second-order valence-electron chi connectivity index (χ2n) is 27.0. The number of carbonyl (C=O) groups is 4. The van der Waals surface area contributed by atoms with Gasteiger partial charge in [0.2, 0.25) is 0 Å². The molecule has 0 aliphatic heterocycles. The molecule has 0 amide bonds. The van der Waals surface area contributed by atoms with Crippen molar-refractivity contribution in [3.8, 4) is 0 Å². The van der Waals surface area contributed by atoms with Gasteiger partial charge in [-0.25, -0.2) is 9.13 Å². The van der Waals surface area contributed by atoms with Crippen LogP contribution in [0.4, 0.5) is 0 Å². The van der Waals surface area contributed by atoms with Crippen molar-refractivity contribution in [2.24, 2.45) is 0 Å². The highest BCUT2D eigenvalue weighted by Crippen LogP contribution is 2.45. The van der Waals surface area contributed by atoms with Gasteiger partial charge in [-0.15, -0.1) is 0 Å². The lowest BCUT2D eigenvalue weighted by molar-refractivity contribution is -0.161. The van der Waals surface area contributed by atoms with E-state index in [-0.39, 0.29) is 25.7 Å². The van der Waals surface area contributed by atoms with E-state index in [0.717, 1.165) is 96.3 Å². The maximum atomic E-state index is 13.1. The van der Waals surface area contributed by atoms with Crippen LogP contribution in [0.1, 0.15) is 400 Å². The summed E-state index contributed by atoms with van der Waals surface area (Å²) in [6, 6.07) is 0. The van der Waals surface area contributed by atoms with E-state index in [9.17, 15) is 43.2 Å². The summed E-state index contributed by atoms with van der Waals surface area (Å²) >= 11 is 0. The van der Waals surface area contributed by atoms with E-state index in [2.05, 4.69) is 27.7 Å². The van der Waals surface area contributed by atoms with Gasteiger partial charge in [0.25, 0.3) is 0 Å². The molecule has 0 aliphatic rings. The van der Waals surface area contributed by atoms with Crippen molar-refractivity contribution in [3.05, 3.63) is 0 Å². The number of phosphoric ester groups is 2. The Morgan fingerprint density at radius 1 is 0.255 bits per heavy atom. The number of hydrogen-bond acceptors (Lipinski definition) is 15. The van der Waals surface area contributed by atoms with Gasteiger partial charge in [-0.2, -0.15) is 0 Å². The number of unbranched alkanes of at least 4 members (excludes halogenated alkanes) is 50. The molecule has 0 radical (unpaired) electrons. The molecule has 0 saturated carbocycles. The average Bonchev–Trinajstić information content (AvgIpc) is 2.73. The number of aliphatic hydroxyl groups is 1. The Morgan fingerprint density at radius 3 is 0.628 bits per heavy atom. The fourth-order valence-electron chi connectivity index (χ4n) is 11.6. The highest BCUT2D eigenvalue weighted by Gasteiger charge is 2.30. The monoisotopic (exact) mass is 1380 g/mol. The summed E-state index contributed by atoms with van der Waals surface area (Å²) in [6.45, 7) is 4.95. The van der Waals surface area contributed by atoms with Crippen LogP contribution in [0.5, 0.6) is 0 Å². The quantitative estimate of drug-likeness (QED) is 0.0222. The van der Waals surface area contributed by atoms with Crippen LogP contribution < -0.4 is 0 Å². The maximum Gasteiger partial charge on any atom is 0.472 e. The zero-order valence-corrected chi connectivity index (χ0v) is 62.7. The van der Waals surface area contributed by atoms with Crippen LogP contribution >= 0.6 is 15.6 Å².